The van der Waals surface area contributed by atoms with Gasteiger partial charge >= 0.3 is 0 Å². The number of nitrogens with zero attached hydrogens (tertiary/aromatic N) is 3. The Bertz CT molecular complexity index is 472. The average molecular weight is 277 g/mol. The Morgan fingerprint density at radius 3 is 2.50 bits per heavy atom. The number of aromatic nitrogens is 2. The summed E-state index contributed by atoms with van der Waals surface area (Å²) in [5.41, 5.74) is 3.44. The summed E-state index contributed by atoms with van der Waals surface area (Å²) in [5, 5.41) is 4.53. The highest BCUT2D eigenvalue weighted by Crippen LogP contribution is 2.26. The molecule has 2 rings (SSSR count). The van der Waals surface area contributed by atoms with Crippen molar-refractivity contribution in [2.24, 2.45) is 5.92 Å². The van der Waals surface area contributed by atoms with E-state index in [1.807, 2.05) is 23.6 Å². The Morgan fingerprint density at radius 1 is 1.30 bits per heavy atom. The highest BCUT2D eigenvalue weighted by Gasteiger charge is 2.25. The van der Waals surface area contributed by atoms with Crippen LogP contribution in [0.25, 0.3) is 0 Å². The van der Waals surface area contributed by atoms with Crippen molar-refractivity contribution in [3.05, 3.63) is 17.0 Å². The molecule has 1 saturated carbocycles. The van der Waals surface area contributed by atoms with Gasteiger partial charge in [0.05, 0.1) is 5.69 Å². The fourth-order valence-corrected chi connectivity index (χ4v) is 3.25. The summed E-state index contributed by atoms with van der Waals surface area (Å²) in [6.45, 7) is 7.80. The molecule has 0 N–H and O–H groups in total. The minimum atomic E-state index is 0.246. The molecule has 1 fully saturated rings. The smallest absolute Gasteiger partial charge is 0.225 e. The van der Waals surface area contributed by atoms with Crippen molar-refractivity contribution >= 4 is 5.91 Å². The lowest BCUT2D eigenvalue weighted by Crippen LogP contribution is -2.33. The number of aryl methyl sites for hydroxylation is 2. The highest BCUT2D eigenvalue weighted by atomic mass is 16.2. The van der Waals surface area contributed by atoms with E-state index >= 15 is 0 Å². The van der Waals surface area contributed by atoms with Crippen molar-refractivity contribution in [2.45, 2.75) is 66.0 Å². The van der Waals surface area contributed by atoms with E-state index in [2.05, 4.69) is 18.9 Å². The van der Waals surface area contributed by atoms with Crippen LogP contribution in [0.3, 0.4) is 0 Å². The predicted molar refractivity (Wildman–Crippen MR) is 80.4 cm³/mol. The molecule has 1 aromatic rings. The molecule has 0 unspecified atom stereocenters. The molecule has 112 valence electrons. The van der Waals surface area contributed by atoms with Crippen LogP contribution >= 0.6 is 0 Å². The maximum Gasteiger partial charge on any atom is 0.225 e. The first-order valence-corrected chi connectivity index (χ1v) is 7.82. The lowest BCUT2D eigenvalue weighted by molar-refractivity contribution is -0.135. The van der Waals surface area contributed by atoms with Gasteiger partial charge in [-0.25, -0.2) is 0 Å². The molecule has 1 amide bonds. The third-order valence-electron chi connectivity index (χ3n) is 4.56. The van der Waals surface area contributed by atoms with Crippen LogP contribution in [0.4, 0.5) is 0 Å². The Labute approximate surface area is 122 Å². The molecule has 1 aliphatic carbocycles. The molecule has 4 nitrogen and oxygen atoms in total. The molecule has 0 saturated heterocycles. The standard InChI is InChI=1S/C16H27N3O/c1-5-19-13(3)15(12(2)17-19)11-18(4)16(20)14-9-7-6-8-10-14/h14H,5-11H2,1-4H3. The maximum atomic E-state index is 12.5. The molecular formula is C16H27N3O. The fourth-order valence-electron chi connectivity index (χ4n) is 3.25. The predicted octanol–water partition coefficient (Wildman–Crippen LogP) is 3.06. The van der Waals surface area contributed by atoms with E-state index in [1.54, 1.807) is 0 Å². The zero-order valence-electron chi connectivity index (χ0n) is 13.3. The van der Waals surface area contributed by atoms with Gasteiger partial charge in [-0.05, 0) is 33.6 Å². The van der Waals surface area contributed by atoms with Gasteiger partial charge in [0.15, 0.2) is 0 Å². The van der Waals surface area contributed by atoms with E-state index < -0.39 is 0 Å². The molecule has 1 aliphatic rings. The first-order chi connectivity index (χ1) is 9.54. The number of amides is 1. The monoisotopic (exact) mass is 277 g/mol. The van der Waals surface area contributed by atoms with E-state index in [0.717, 1.165) is 25.1 Å². The van der Waals surface area contributed by atoms with E-state index in [9.17, 15) is 4.79 Å². The molecular weight excluding hydrogens is 250 g/mol. The molecule has 1 heterocycles. The third-order valence-corrected chi connectivity index (χ3v) is 4.56. The second-order valence-corrected chi connectivity index (χ2v) is 5.99. The van der Waals surface area contributed by atoms with Gasteiger partial charge in [0.2, 0.25) is 5.91 Å². The van der Waals surface area contributed by atoms with Crippen molar-refractivity contribution in [1.29, 1.82) is 0 Å². The molecule has 0 atom stereocenters. The highest BCUT2D eigenvalue weighted by molar-refractivity contribution is 5.78. The van der Waals surface area contributed by atoms with Crippen LogP contribution in [0.15, 0.2) is 0 Å². The van der Waals surface area contributed by atoms with Crippen molar-refractivity contribution in [2.75, 3.05) is 7.05 Å². The normalized spacial score (nSPS) is 16.4. The van der Waals surface area contributed by atoms with Gasteiger partial charge in [-0.3, -0.25) is 9.48 Å². The molecule has 0 bridgehead atoms. The first kappa shape index (κ1) is 15.1. The summed E-state index contributed by atoms with van der Waals surface area (Å²) >= 11 is 0. The van der Waals surface area contributed by atoms with Crippen LogP contribution in [-0.2, 0) is 17.9 Å². The Kier molecular flexibility index (Phi) is 4.84. The number of carbonyl (C=O) groups is 1. The van der Waals surface area contributed by atoms with E-state index in [-0.39, 0.29) is 5.92 Å². The van der Waals surface area contributed by atoms with Crippen LogP contribution in [0, 0.1) is 19.8 Å². The number of carbonyl (C=O) groups excluding carboxylic acids is 1. The average Bonchev–Trinajstić information content (AvgIpc) is 2.74. The Balaban J connectivity index is 2.05. The zero-order valence-corrected chi connectivity index (χ0v) is 13.3. The summed E-state index contributed by atoms with van der Waals surface area (Å²) in [4.78, 5) is 14.4. The number of hydrogen-bond acceptors (Lipinski definition) is 2. The van der Waals surface area contributed by atoms with Gasteiger partial charge in [-0.15, -0.1) is 0 Å². The van der Waals surface area contributed by atoms with E-state index in [1.165, 1.54) is 30.5 Å². The Hall–Kier alpha value is -1.32. The van der Waals surface area contributed by atoms with E-state index in [4.69, 9.17) is 0 Å². The van der Waals surface area contributed by atoms with E-state index in [0.29, 0.717) is 12.5 Å². The largest absolute Gasteiger partial charge is 0.341 e. The van der Waals surface area contributed by atoms with Crippen molar-refractivity contribution in [3.8, 4) is 0 Å². The van der Waals surface area contributed by atoms with Crippen LogP contribution in [0.2, 0.25) is 0 Å². The van der Waals surface area contributed by atoms with Crippen molar-refractivity contribution in [1.82, 2.24) is 14.7 Å². The van der Waals surface area contributed by atoms with Gasteiger partial charge in [-0.1, -0.05) is 19.3 Å². The van der Waals surface area contributed by atoms with Crippen LogP contribution in [0.1, 0.15) is 56.0 Å². The van der Waals surface area contributed by atoms with Crippen LogP contribution in [0.5, 0.6) is 0 Å². The lowest BCUT2D eigenvalue weighted by Gasteiger charge is -2.26. The number of hydrogen-bond donors (Lipinski definition) is 0. The maximum absolute atomic E-state index is 12.5. The molecule has 0 spiro atoms. The molecule has 0 radical (unpaired) electrons. The summed E-state index contributed by atoms with van der Waals surface area (Å²) < 4.78 is 2.02. The first-order valence-electron chi connectivity index (χ1n) is 7.82. The minimum absolute atomic E-state index is 0.246. The van der Waals surface area contributed by atoms with Gasteiger partial charge < -0.3 is 4.90 Å². The number of rotatable bonds is 4. The van der Waals surface area contributed by atoms with Crippen LogP contribution in [-0.4, -0.2) is 27.6 Å². The molecule has 4 heteroatoms. The second-order valence-electron chi connectivity index (χ2n) is 5.99. The molecule has 20 heavy (non-hydrogen) atoms. The van der Waals surface area contributed by atoms with Crippen molar-refractivity contribution < 1.29 is 4.79 Å². The van der Waals surface area contributed by atoms with Gasteiger partial charge in [0.25, 0.3) is 0 Å². The summed E-state index contributed by atoms with van der Waals surface area (Å²) in [7, 11) is 1.93. The SMILES string of the molecule is CCn1nc(C)c(CN(C)C(=O)C2CCCCC2)c1C. The molecule has 0 aromatic carbocycles. The fraction of sp³-hybridized carbons (Fsp3) is 0.750. The van der Waals surface area contributed by atoms with Gasteiger partial charge in [-0.2, -0.15) is 5.10 Å². The topological polar surface area (TPSA) is 38.1 Å². The second kappa shape index (κ2) is 6.42. The molecule has 1 aromatic heterocycles. The third kappa shape index (κ3) is 3.05. The Morgan fingerprint density at radius 2 is 1.95 bits per heavy atom. The van der Waals surface area contributed by atoms with Gasteiger partial charge in [0, 0.05) is 37.3 Å². The van der Waals surface area contributed by atoms with Gasteiger partial charge in [0.1, 0.15) is 0 Å². The lowest BCUT2D eigenvalue weighted by atomic mass is 9.88. The zero-order chi connectivity index (χ0) is 14.7. The van der Waals surface area contributed by atoms with Crippen molar-refractivity contribution in [3.63, 3.8) is 0 Å². The quantitative estimate of drug-likeness (QED) is 0.848. The molecule has 0 aliphatic heterocycles. The van der Waals surface area contributed by atoms with Crippen LogP contribution < -0.4 is 0 Å². The summed E-state index contributed by atoms with van der Waals surface area (Å²) in [5.74, 6) is 0.559. The summed E-state index contributed by atoms with van der Waals surface area (Å²) in [6.07, 6.45) is 5.83. The minimum Gasteiger partial charge on any atom is -0.341 e. The summed E-state index contributed by atoms with van der Waals surface area (Å²) in [6, 6.07) is 0.